The first kappa shape index (κ1) is 13.6. The molecule has 0 heterocycles. The molecule has 1 fully saturated rings. The summed E-state index contributed by atoms with van der Waals surface area (Å²) in [6.45, 7) is 0. The van der Waals surface area contributed by atoms with Gasteiger partial charge in [-0.3, -0.25) is 9.59 Å². The van der Waals surface area contributed by atoms with Gasteiger partial charge in [-0.15, -0.1) is 0 Å². The molecule has 0 unspecified atom stereocenters. The summed E-state index contributed by atoms with van der Waals surface area (Å²) < 4.78 is 5.02. The molecule has 102 valence electrons. The first-order valence-corrected chi connectivity index (χ1v) is 6.70. The van der Waals surface area contributed by atoms with E-state index in [1.165, 1.54) is 6.42 Å². The molecule has 1 aromatic rings. The normalized spacial score (nSPS) is 15.8. The molecule has 2 rings (SSSR count). The van der Waals surface area contributed by atoms with Crippen LogP contribution in [0.3, 0.4) is 0 Å². The predicted molar refractivity (Wildman–Crippen MR) is 72.3 cm³/mol. The van der Waals surface area contributed by atoms with Gasteiger partial charge in [-0.2, -0.15) is 0 Å². The van der Waals surface area contributed by atoms with E-state index < -0.39 is 11.7 Å². The van der Waals surface area contributed by atoms with Crippen LogP contribution in [0.5, 0.6) is 5.75 Å². The van der Waals surface area contributed by atoms with Crippen LogP contribution < -0.4 is 10.1 Å². The van der Waals surface area contributed by atoms with E-state index in [1.807, 2.05) is 0 Å². The number of hydrogen-bond acceptors (Lipinski definition) is 3. The van der Waals surface area contributed by atoms with Crippen molar-refractivity contribution in [2.24, 2.45) is 0 Å². The van der Waals surface area contributed by atoms with Crippen molar-refractivity contribution in [3.63, 3.8) is 0 Å². The number of carbonyl (C=O) groups is 2. The summed E-state index contributed by atoms with van der Waals surface area (Å²) in [6.07, 6.45) is 5.42. The Hall–Kier alpha value is -1.84. The van der Waals surface area contributed by atoms with E-state index in [-0.39, 0.29) is 6.04 Å². The van der Waals surface area contributed by atoms with Crippen molar-refractivity contribution in [1.29, 1.82) is 0 Å². The monoisotopic (exact) mass is 261 g/mol. The largest absolute Gasteiger partial charge is 0.497 e. The molecule has 19 heavy (non-hydrogen) atoms. The lowest BCUT2D eigenvalue weighted by Gasteiger charge is -2.22. The van der Waals surface area contributed by atoms with E-state index in [4.69, 9.17) is 4.74 Å². The van der Waals surface area contributed by atoms with Crippen LogP contribution in [0.15, 0.2) is 24.3 Å². The molecule has 1 amide bonds. The number of methoxy groups -OCH3 is 1. The molecule has 0 atom stereocenters. The summed E-state index contributed by atoms with van der Waals surface area (Å²) in [5.74, 6) is -0.311. The van der Waals surface area contributed by atoms with Gasteiger partial charge in [0.2, 0.25) is 5.78 Å². The number of amides is 1. The van der Waals surface area contributed by atoms with Gasteiger partial charge in [-0.1, -0.05) is 19.3 Å². The third kappa shape index (κ3) is 3.56. The molecular weight excluding hydrogens is 242 g/mol. The number of carbonyl (C=O) groups excluding carboxylic acids is 2. The average Bonchev–Trinajstić information content (AvgIpc) is 2.47. The topological polar surface area (TPSA) is 55.4 Å². The number of benzene rings is 1. The zero-order chi connectivity index (χ0) is 13.7. The van der Waals surface area contributed by atoms with Crippen molar-refractivity contribution >= 4 is 11.7 Å². The van der Waals surface area contributed by atoms with Gasteiger partial charge in [0.15, 0.2) is 0 Å². The molecule has 0 aliphatic heterocycles. The van der Waals surface area contributed by atoms with Gasteiger partial charge in [0.25, 0.3) is 5.91 Å². The molecule has 1 aromatic carbocycles. The molecule has 1 aliphatic rings. The molecule has 0 aromatic heterocycles. The maximum absolute atomic E-state index is 12.0. The van der Waals surface area contributed by atoms with Gasteiger partial charge in [-0.05, 0) is 37.1 Å². The van der Waals surface area contributed by atoms with Gasteiger partial charge in [0.1, 0.15) is 5.75 Å². The van der Waals surface area contributed by atoms with Gasteiger partial charge in [0, 0.05) is 11.6 Å². The zero-order valence-electron chi connectivity index (χ0n) is 11.1. The van der Waals surface area contributed by atoms with Gasteiger partial charge < -0.3 is 10.1 Å². The van der Waals surface area contributed by atoms with Crippen LogP contribution in [0.2, 0.25) is 0 Å². The van der Waals surface area contributed by atoms with Crippen molar-refractivity contribution in [3.8, 4) is 5.75 Å². The summed E-state index contributed by atoms with van der Waals surface area (Å²) in [5, 5.41) is 2.83. The van der Waals surface area contributed by atoms with E-state index >= 15 is 0 Å². The smallest absolute Gasteiger partial charge is 0.292 e. The summed E-state index contributed by atoms with van der Waals surface area (Å²) in [5.41, 5.74) is 0.397. The SMILES string of the molecule is COc1ccc(C(=O)C(=O)NC2CCCCC2)cc1. The van der Waals surface area contributed by atoms with Crippen LogP contribution in [-0.4, -0.2) is 24.8 Å². The first-order valence-electron chi connectivity index (χ1n) is 6.70. The molecule has 4 nitrogen and oxygen atoms in total. The average molecular weight is 261 g/mol. The number of ketones is 1. The summed E-state index contributed by atoms with van der Waals surface area (Å²) >= 11 is 0. The van der Waals surface area contributed by atoms with E-state index in [1.54, 1.807) is 31.4 Å². The molecule has 0 bridgehead atoms. The second-order valence-corrected chi connectivity index (χ2v) is 4.87. The van der Waals surface area contributed by atoms with Crippen molar-refractivity contribution in [3.05, 3.63) is 29.8 Å². The summed E-state index contributed by atoms with van der Waals surface area (Å²) in [4.78, 5) is 23.8. The second kappa shape index (κ2) is 6.36. The van der Waals surface area contributed by atoms with Crippen molar-refractivity contribution in [1.82, 2.24) is 5.32 Å². The lowest BCUT2D eigenvalue weighted by molar-refractivity contribution is -0.117. The van der Waals surface area contributed by atoms with Crippen LogP contribution in [-0.2, 0) is 4.79 Å². The highest BCUT2D eigenvalue weighted by atomic mass is 16.5. The molecule has 0 saturated heterocycles. The Kier molecular flexibility index (Phi) is 4.55. The maximum Gasteiger partial charge on any atom is 0.292 e. The second-order valence-electron chi connectivity index (χ2n) is 4.87. The predicted octanol–water partition coefficient (Wildman–Crippen LogP) is 2.33. The van der Waals surface area contributed by atoms with Gasteiger partial charge in [-0.25, -0.2) is 0 Å². The minimum absolute atomic E-state index is 0.156. The van der Waals surface area contributed by atoms with Crippen LogP contribution in [0.25, 0.3) is 0 Å². The van der Waals surface area contributed by atoms with E-state index in [2.05, 4.69) is 5.32 Å². The van der Waals surface area contributed by atoms with Crippen LogP contribution in [0, 0.1) is 0 Å². The summed E-state index contributed by atoms with van der Waals surface area (Å²) in [6, 6.07) is 6.74. The molecular formula is C15H19NO3. The Morgan fingerprint density at radius 3 is 2.32 bits per heavy atom. The molecule has 0 spiro atoms. The fourth-order valence-electron chi connectivity index (χ4n) is 2.37. The van der Waals surface area contributed by atoms with Crippen LogP contribution >= 0.6 is 0 Å². The number of hydrogen-bond donors (Lipinski definition) is 1. The Morgan fingerprint density at radius 1 is 1.11 bits per heavy atom. The number of Topliss-reactive ketones (excluding diaryl/α,β-unsaturated/α-hetero) is 1. The molecule has 4 heteroatoms. The summed E-state index contributed by atoms with van der Waals surface area (Å²) in [7, 11) is 1.56. The Balaban J connectivity index is 1.95. The van der Waals surface area contributed by atoms with Crippen LogP contribution in [0.1, 0.15) is 42.5 Å². The Bertz CT molecular complexity index is 447. The van der Waals surface area contributed by atoms with Gasteiger partial charge >= 0.3 is 0 Å². The third-order valence-electron chi connectivity index (χ3n) is 3.50. The fraction of sp³-hybridized carbons (Fsp3) is 0.467. The third-order valence-corrected chi connectivity index (χ3v) is 3.50. The van der Waals surface area contributed by atoms with Gasteiger partial charge in [0.05, 0.1) is 7.11 Å². The standard InChI is InChI=1S/C15H19NO3/c1-19-13-9-7-11(8-10-13)14(17)15(18)16-12-5-3-2-4-6-12/h7-10,12H,2-6H2,1H3,(H,16,18). The highest BCUT2D eigenvalue weighted by molar-refractivity contribution is 6.42. The first-order chi connectivity index (χ1) is 9.20. The Morgan fingerprint density at radius 2 is 1.74 bits per heavy atom. The van der Waals surface area contributed by atoms with E-state index in [0.717, 1.165) is 25.7 Å². The minimum atomic E-state index is -0.503. The molecule has 1 N–H and O–H groups in total. The van der Waals surface area contributed by atoms with Crippen molar-refractivity contribution in [2.45, 2.75) is 38.1 Å². The Labute approximate surface area is 113 Å². The quantitative estimate of drug-likeness (QED) is 0.668. The fourth-order valence-corrected chi connectivity index (χ4v) is 2.37. The maximum atomic E-state index is 12.0. The highest BCUT2D eigenvalue weighted by Gasteiger charge is 2.21. The molecule has 1 saturated carbocycles. The minimum Gasteiger partial charge on any atom is -0.497 e. The number of rotatable bonds is 4. The lowest BCUT2D eigenvalue weighted by atomic mass is 9.95. The van der Waals surface area contributed by atoms with E-state index in [0.29, 0.717) is 11.3 Å². The lowest BCUT2D eigenvalue weighted by Crippen LogP contribution is -2.40. The number of nitrogens with one attached hydrogen (secondary N) is 1. The molecule has 1 aliphatic carbocycles. The van der Waals surface area contributed by atoms with E-state index in [9.17, 15) is 9.59 Å². The highest BCUT2D eigenvalue weighted by Crippen LogP contribution is 2.17. The zero-order valence-corrected chi connectivity index (χ0v) is 11.1. The molecule has 0 radical (unpaired) electrons. The van der Waals surface area contributed by atoms with Crippen molar-refractivity contribution < 1.29 is 14.3 Å². The van der Waals surface area contributed by atoms with Crippen molar-refractivity contribution in [2.75, 3.05) is 7.11 Å². The number of ether oxygens (including phenoxy) is 1. The van der Waals surface area contributed by atoms with Crippen LogP contribution in [0.4, 0.5) is 0 Å².